The molecule has 0 bridgehead atoms. The number of ether oxygens (including phenoxy) is 2. The number of hydrogen-bond donors (Lipinski definition) is 0. The van der Waals surface area contributed by atoms with Crippen LogP contribution < -0.4 is 9.47 Å². The summed E-state index contributed by atoms with van der Waals surface area (Å²) in [6.45, 7) is 0.734. The van der Waals surface area contributed by atoms with Gasteiger partial charge >= 0.3 is 0 Å². The highest BCUT2D eigenvalue weighted by molar-refractivity contribution is 6.11. The van der Waals surface area contributed by atoms with Crippen LogP contribution in [0.25, 0.3) is 32.7 Å². The molecule has 31 heavy (non-hydrogen) atoms. The Morgan fingerprint density at radius 3 is 2.03 bits per heavy atom. The first kappa shape index (κ1) is 20.9. The maximum absolute atomic E-state index is 12.7. The first-order chi connectivity index (χ1) is 15.0. The van der Waals surface area contributed by atoms with Crippen molar-refractivity contribution < 1.29 is 14.3 Å². The van der Waals surface area contributed by atoms with Crippen LogP contribution in [0.3, 0.4) is 0 Å². The molecule has 0 N–H and O–H groups in total. The third-order valence-corrected chi connectivity index (χ3v) is 5.67. The van der Waals surface area contributed by atoms with Crippen molar-refractivity contribution in [2.75, 3.05) is 34.9 Å². The lowest BCUT2D eigenvalue weighted by Gasteiger charge is -2.18. The molecule has 4 aromatic carbocycles. The SMILES string of the molecule is COc1ccc2ccccc2c1-c1c(OC)ccc2cc(C(=O)CCN(C)C)ccc12. The molecule has 0 unspecified atom stereocenters. The number of benzene rings is 4. The van der Waals surface area contributed by atoms with Gasteiger partial charge in [-0.25, -0.2) is 0 Å². The van der Waals surface area contributed by atoms with Crippen LogP contribution in [0, 0.1) is 0 Å². The number of rotatable bonds is 7. The molecule has 158 valence electrons. The Balaban J connectivity index is 1.94. The predicted octanol–water partition coefficient (Wildman–Crippen LogP) is 5.81. The van der Waals surface area contributed by atoms with Gasteiger partial charge in [0.1, 0.15) is 11.5 Å². The van der Waals surface area contributed by atoms with Gasteiger partial charge in [0, 0.05) is 29.7 Å². The van der Waals surface area contributed by atoms with Crippen molar-refractivity contribution in [1.29, 1.82) is 0 Å². The number of carbonyl (C=O) groups is 1. The second-order valence-corrected chi connectivity index (χ2v) is 7.92. The monoisotopic (exact) mass is 413 g/mol. The van der Waals surface area contributed by atoms with Crippen LogP contribution in [-0.4, -0.2) is 45.5 Å². The molecule has 4 heteroatoms. The van der Waals surface area contributed by atoms with Gasteiger partial charge < -0.3 is 14.4 Å². The number of methoxy groups -OCH3 is 2. The van der Waals surface area contributed by atoms with E-state index in [4.69, 9.17) is 9.47 Å². The summed E-state index contributed by atoms with van der Waals surface area (Å²) in [4.78, 5) is 14.7. The Hall–Kier alpha value is -3.37. The minimum atomic E-state index is 0.149. The highest BCUT2D eigenvalue weighted by Gasteiger charge is 2.19. The normalized spacial score (nSPS) is 11.3. The van der Waals surface area contributed by atoms with Gasteiger partial charge in [0.15, 0.2) is 5.78 Å². The predicted molar refractivity (Wildman–Crippen MR) is 127 cm³/mol. The Kier molecular flexibility index (Phi) is 5.92. The van der Waals surface area contributed by atoms with Gasteiger partial charge in [-0.15, -0.1) is 0 Å². The van der Waals surface area contributed by atoms with Gasteiger partial charge in [0.25, 0.3) is 0 Å². The molecule has 0 saturated heterocycles. The highest BCUT2D eigenvalue weighted by atomic mass is 16.5. The van der Waals surface area contributed by atoms with Crippen molar-refractivity contribution in [2.45, 2.75) is 6.42 Å². The molecule has 0 amide bonds. The lowest BCUT2D eigenvalue weighted by molar-refractivity contribution is 0.0972. The molecule has 0 aliphatic carbocycles. The first-order valence-corrected chi connectivity index (χ1v) is 10.4. The molecule has 0 aromatic heterocycles. The lowest BCUT2D eigenvalue weighted by atomic mass is 9.91. The standard InChI is InChI=1S/C27H27NO3/c1-28(2)16-15-23(29)20-9-12-22-19(17-20)11-14-25(31-4)27(22)26-21-8-6-5-7-18(21)10-13-24(26)30-3/h5-14,17H,15-16H2,1-4H3. The summed E-state index contributed by atoms with van der Waals surface area (Å²) in [6.07, 6.45) is 0.499. The Morgan fingerprint density at radius 2 is 1.39 bits per heavy atom. The zero-order chi connectivity index (χ0) is 22.0. The fourth-order valence-electron chi connectivity index (χ4n) is 4.06. The van der Waals surface area contributed by atoms with Crippen LogP contribution in [0.4, 0.5) is 0 Å². The minimum Gasteiger partial charge on any atom is -0.496 e. The van der Waals surface area contributed by atoms with Crippen LogP contribution in [-0.2, 0) is 0 Å². The highest BCUT2D eigenvalue weighted by Crippen LogP contribution is 2.45. The Bertz CT molecular complexity index is 1260. The summed E-state index contributed by atoms with van der Waals surface area (Å²) in [7, 11) is 7.32. The maximum atomic E-state index is 12.7. The van der Waals surface area contributed by atoms with Gasteiger partial charge in [-0.05, 0) is 53.8 Å². The van der Waals surface area contributed by atoms with E-state index in [0.29, 0.717) is 6.42 Å². The Labute approximate surface area is 183 Å². The maximum Gasteiger partial charge on any atom is 0.164 e. The van der Waals surface area contributed by atoms with Gasteiger partial charge in [0.05, 0.1) is 14.2 Å². The smallest absolute Gasteiger partial charge is 0.164 e. The van der Waals surface area contributed by atoms with E-state index < -0.39 is 0 Å². The van der Waals surface area contributed by atoms with E-state index in [9.17, 15) is 4.79 Å². The molecule has 0 fully saturated rings. The molecular weight excluding hydrogens is 386 g/mol. The number of ketones is 1. The number of nitrogens with zero attached hydrogens (tertiary/aromatic N) is 1. The fourth-order valence-corrected chi connectivity index (χ4v) is 4.06. The van der Waals surface area contributed by atoms with Crippen LogP contribution in [0.15, 0.2) is 66.7 Å². The molecule has 0 aliphatic rings. The average molecular weight is 414 g/mol. The quantitative estimate of drug-likeness (QED) is 0.358. The van der Waals surface area contributed by atoms with Crippen LogP contribution in [0.5, 0.6) is 11.5 Å². The van der Waals surface area contributed by atoms with Crippen LogP contribution in [0.1, 0.15) is 16.8 Å². The van der Waals surface area contributed by atoms with E-state index in [1.165, 1.54) is 0 Å². The molecule has 0 heterocycles. The summed E-state index contributed by atoms with van der Waals surface area (Å²) in [5, 5.41) is 4.26. The molecular formula is C27H27NO3. The summed E-state index contributed by atoms with van der Waals surface area (Å²) < 4.78 is 11.5. The molecule has 0 saturated carbocycles. The molecule has 4 aromatic rings. The van der Waals surface area contributed by atoms with E-state index in [1.807, 2.05) is 67.5 Å². The van der Waals surface area contributed by atoms with Crippen molar-refractivity contribution >= 4 is 27.3 Å². The van der Waals surface area contributed by atoms with Gasteiger partial charge in [-0.1, -0.05) is 48.5 Å². The van der Waals surface area contributed by atoms with Gasteiger partial charge in [-0.2, -0.15) is 0 Å². The van der Waals surface area contributed by atoms with Crippen molar-refractivity contribution in [3.8, 4) is 22.6 Å². The summed E-state index contributed by atoms with van der Waals surface area (Å²) in [6, 6.07) is 22.2. The van der Waals surface area contributed by atoms with Crippen LogP contribution >= 0.6 is 0 Å². The van der Waals surface area contributed by atoms with Gasteiger partial charge in [-0.3, -0.25) is 4.79 Å². The van der Waals surface area contributed by atoms with Crippen molar-refractivity contribution in [3.63, 3.8) is 0 Å². The first-order valence-electron chi connectivity index (χ1n) is 10.4. The molecule has 0 radical (unpaired) electrons. The van der Waals surface area contributed by atoms with E-state index in [2.05, 4.69) is 18.2 Å². The van der Waals surface area contributed by atoms with Crippen molar-refractivity contribution in [1.82, 2.24) is 4.90 Å². The third-order valence-electron chi connectivity index (χ3n) is 5.67. The third kappa shape index (κ3) is 3.99. The minimum absolute atomic E-state index is 0.149. The van der Waals surface area contributed by atoms with E-state index in [-0.39, 0.29) is 5.78 Å². The van der Waals surface area contributed by atoms with E-state index in [1.54, 1.807) is 14.2 Å². The molecule has 0 atom stereocenters. The van der Waals surface area contributed by atoms with Crippen molar-refractivity contribution in [3.05, 3.63) is 72.3 Å². The van der Waals surface area contributed by atoms with E-state index >= 15 is 0 Å². The Morgan fingerprint density at radius 1 is 0.774 bits per heavy atom. The molecule has 4 rings (SSSR count). The second-order valence-electron chi connectivity index (χ2n) is 7.92. The number of carbonyl (C=O) groups excluding carboxylic acids is 1. The fraction of sp³-hybridized carbons (Fsp3) is 0.222. The van der Waals surface area contributed by atoms with Gasteiger partial charge in [0.2, 0.25) is 0 Å². The summed E-state index contributed by atoms with van der Waals surface area (Å²) >= 11 is 0. The lowest BCUT2D eigenvalue weighted by Crippen LogP contribution is -2.16. The molecule has 4 nitrogen and oxygen atoms in total. The summed E-state index contributed by atoms with van der Waals surface area (Å²) in [5.74, 6) is 1.71. The second kappa shape index (κ2) is 8.78. The van der Waals surface area contributed by atoms with E-state index in [0.717, 1.165) is 56.3 Å². The number of Topliss-reactive ketones (excluding diaryl/α,β-unsaturated/α-hetero) is 1. The topological polar surface area (TPSA) is 38.8 Å². The largest absolute Gasteiger partial charge is 0.496 e. The molecule has 0 spiro atoms. The van der Waals surface area contributed by atoms with Crippen LogP contribution in [0.2, 0.25) is 0 Å². The number of hydrogen-bond acceptors (Lipinski definition) is 4. The van der Waals surface area contributed by atoms with Crippen molar-refractivity contribution in [2.24, 2.45) is 0 Å². The average Bonchev–Trinajstić information content (AvgIpc) is 2.80. The molecule has 0 aliphatic heterocycles. The zero-order valence-corrected chi connectivity index (χ0v) is 18.4. The number of fused-ring (bicyclic) bond motifs is 2. The summed E-state index contributed by atoms with van der Waals surface area (Å²) in [5.41, 5.74) is 2.70. The zero-order valence-electron chi connectivity index (χ0n) is 18.4.